The van der Waals surface area contributed by atoms with E-state index >= 15 is 0 Å². The topological polar surface area (TPSA) is 178 Å². The molecule has 0 unspecified atom stereocenters. The molecule has 5 rings (SSSR count). The van der Waals surface area contributed by atoms with Gasteiger partial charge in [-0.15, -0.1) is 5.10 Å². The van der Waals surface area contributed by atoms with Crippen molar-refractivity contribution < 1.29 is 23.9 Å². The molecule has 0 fully saturated rings. The van der Waals surface area contributed by atoms with Crippen LogP contribution < -0.4 is 16.0 Å². The average Bonchev–Trinajstić information content (AvgIpc) is 3.71. The van der Waals surface area contributed by atoms with Gasteiger partial charge in [0.1, 0.15) is 18.2 Å². The summed E-state index contributed by atoms with van der Waals surface area (Å²) in [5.74, 6) is -0.120. The first-order chi connectivity index (χ1) is 22.2. The van der Waals surface area contributed by atoms with Gasteiger partial charge in [-0.1, -0.05) is 24.4 Å². The second-order valence-corrected chi connectivity index (χ2v) is 11.0. The molecule has 15 heteroatoms. The van der Waals surface area contributed by atoms with E-state index in [4.69, 9.17) is 26.1 Å². The van der Waals surface area contributed by atoms with Crippen molar-refractivity contribution in [2.45, 2.75) is 51.6 Å². The van der Waals surface area contributed by atoms with Crippen molar-refractivity contribution in [2.75, 3.05) is 24.4 Å². The molecule has 1 aliphatic heterocycles. The molecule has 2 bridgehead atoms. The Hall–Kier alpha value is -5.24. The highest BCUT2D eigenvalue weighted by Gasteiger charge is 2.26. The van der Waals surface area contributed by atoms with Crippen LogP contribution in [0.25, 0.3) is 23.0 Å². The van der Waals surface area contributed by atoms with E-state index in [1.165, 1.54) is 24.2 Å². The first-order valence-corrected chi connectivity index (χ1v) is 15.1. The molecule has 0 spiro atoms. The minimum Gasteiger partial charge on any atom is -0.464 e. The largest absolute Gasteiger partial charge is 0.464 e. The van der Waals surface area contributed by atoms with Gasteiger partial charge < -0.3 is 25.1 Å². The zero-order valence-corrected chi connectivity index (χ0v) is 26.3. The van der Waals surface area contributed by atoms with Crippen LogP contribution in [0.4, 0.5) is 16.2 Å². The number of aryl methyl sites for hydroxylation is 1. The Morgan fingerprint density at radius 3 is 2.74 bits per heavy atom. The second-order valence-electron chi connectivity index (χ2n) is 10.6. The van der Waals surface area contributed by atoms with Gasteiger partial charge >= 0.3 is 12.1 Å². The fraction of sp³-hybridized carbons (Fsp3) is 0.323. The van der Waals surface area contributed by atoms with Crippen molar-refractivity contribution in [1.29, 1.82) is 0 Å². The average molecular weight is 648 g/mol. The number of benzene rings is 2. The van der Waals surface area contributed by atoms with Crippen LogP contribution >= 0.6 is 11.6 Å². The second kappa shape index (κ2) is 14.7. The van der Waals surface area contributed by atoms with Crippen molar-refractivity contribution in [2.24, 2.45) is 0 Å². The van der Waals surface area contributed by atoms with E-state index in [-0.39, 0.29) is 18.5 Å². The number of nitrogens with zero attached hydrogens (tertiary/aromatic N) is 5. The molecule has 2 amide bonds. The molecule has 2 atom stereocenters. The lowest BCUT2D eigenvalue weighted by Crippen LogP contribution is -2.32. The number of methoxy groups -OCH3 is 1. The number of nitrogens with one attached hydrogen (secondary N) is 4. The molecule has 0 saturated heterocycles. The summed E-state index contributed by atoms with van der Waals surface area (Å²) < 4.78 is 11.6. The Labute approximate surface area is 269 Å². The molecule has 2 aromatic heterocycles. The van der Waals surface area contributed by atoms with Crippen molar-refractivity contribution >= 4 is 47.0 Å². The van der Waals surface area contributed by atoms with Crippen LogP contribution in [0.5, 0.6) is 0 Å². The van der Waals surface area contributed by atoms with E-state index in [1.807, 2.05) is 6.92 Å². The number of ether oxygens (including phenoxy) is 2. The summed E-state index contributed by atoms with van der Waals surface area (Å²) in [6.45, 7) is 3.88. The maximum absolute atomic E-state index is 13.3. The number of esters is 1. The highest BCUT2D eigenvalue weighted by molar-refractivity contribution is 6.30. The van der Waals surface area contributed by atoms with Crippen molar-refractivity contribution in [3.05, 3.63) is 70.9 Å². The molecule has 3 heterocycles. The molecule has 4 N–H and O–H groups in total. The predicted molar refractivity (Wildman–Crippen MR) is 171 cm³/mol. The lowest BCUT2D eigenvalue weighted by molar-refractivity contribution is -0.144. The number of hydrogen-bond acceptors (Lipinski definition) is 10. The summed E-state index contributed by atoms with van der Waals surface area (Å²) in [6.07, 6.45) is 6.33. The summed E-state index contributed by atoms with van der Waals surface area (Å²) in [5.41, 5.74) is 4.46. The number of fused-ring (bicyclic) bond motifs is 4. The van der Waals surface area contributed by atoms with Crippen molar-refractivity contribution in [1.82, 2.24) is 35.5 Å². The van der Waals surface area contributed by atoms with Crippen LogP contribution in [0.15, 0.2) is 48.8 Å². The number of carbonyl (C=O) groups is 3. The maximum atomic E-state index is 13.3. The molecule has 2 aromatic carbocycles. The lowest BCUT2D eigenvalue weighted by Gasteiger charge is -2.22. The standard InChI is InChI=1S/C31H34ClN9O5/c1-4-46-30(43)24-8-6-5-7-23(37-27(42)14-9-19-15-20(32)10-13-26(19)41-17-33-39-40-41)29-34-18(2)28(38-29)22-12-11-21(16-25(22)36-24)35-31(44)45-3/h9-17,23-24,36H,4-8H2,1-3H3,(H,34,38)(H,35,44)(H,37,42)/t23-,24-/m0/s1. The third-order valence-electron chi connectivity index (χ3n) is 7.39. The lowest BCUT2D eigenvalue weighted by atomic mass is 10.0. The third-order valence-corrected chi connectivity index (χ3v) is 7.63. The van der Waals surface area contributed by atoms with Crippen molar-refractivity contribution in [3.8, 4) is 16.9 Å². The smallest absolute Gasteiger partial charge is 0.411 e. The molecular weight excluding hydrogens is 614 g/mol. The van der Waals surface area contributed by atoms with E-state index in [2.05, 4.69) is 36.5 Å². The maximum Gasteiger partial charge on any atom is 0.411 e. The van der Waals surface area contributed by atoms with Gasteiger partial charge in [0, 0.05) is 39.3 Å². The van der Waals surface area contributed by atoms with Gasteiger partial charge in [0.15, 0.2) is 0 Å². The number of aromatic nitrogens is 6. The SMILES string of the molecule is CCOC(=O)[C@@H]1CCCC[C@H](NC(=O)C=Cc2cc(Cl)ccc2-n2cnnn2)c2nc(c(C)[nH]2)-c2ccc(NC(=O)OC)cc2N1. The molecule has 14 nitrogen and oxygen atoms in total. The normalized spacial score (nSPS) is 16.3. The van der Waals surface area contributed by atoms with Crippen LogP contribution in [0.2, 0.25) is 5.02 Å². The van der Waals surface area contributed by atoms with Crippen LogP contribution in [0.1, 0.15) is 55.7 Å². The minimum atomic E-state index is -0.645. The van der Waals surface area contributed by atoms with Crippen LogP contribution in [0.3, 0.4) is 0 Å². The van der Waals surface area contributed by atoms with Gasteiger partial charge in [-0.05, 0) is 79.6 Å². The summed E-state index contributed by atoms with van der Waals surface area (Å²) in [7, 11) is 1.28. The Bertz CT molecular complexity index is 1740. The molecule has 1 aliphatic rings. The molecule has 0 radical (unpaired) electrons. The van der Waals surface area contributed by atoms with Gasteiger partial charge in [0.25, 0.3) is 0 Å². The number of carbonyl (C=O) groups excluding carboxylic acids is 3. The summed E-state index contributed by atoms with van der Waals surface area (Å²) in [5, 5.41) is 20.9. The molecule has 0 saturated carbocycles. The Balaban J connectivity index is 1.45. The van der Waals surface area contributed by atoms with Gasteiger partial charge in [0.05, 0.1) is 31.1 Å². The third kappa shape index (κ3) is 7.69. The molecule has 0 aliphatic carbocycles. The van der Waals surface area contributed by atoms with E-state index in [1.54, 1.807) is 49.4 Å². The number of H-pyrrole nitrogens is 1. The van der Waals surface area contributed by atoms with E-state index < -0.39 is 18.2 Å². The van der Waals surface area contributed by atoms with Gasteiger partial charge in [-0.3, -0.25) is 10.1 Å². The van der Waals surface area contributed by atoms with E-state index in [0.29, 0.717) is 70.4 Å². The number of imidazole rings is 1. The molecule has 4 aromatic rings. The number of hydrogen-bond donors (Lipinski definition) is 4. The molecular formula is C31H34ClN9O5. The minimum absolute atomic E-state index is 0.240. The predicted octanol–water partition coefficient (Wildman–Crippen LogP) is 4.98. The molecule has 240 valence electrons. The van der Waals surface area contributed by atoms with Crippen LogP contribution in [-0.2, 0) is 19.1 Å². The Kier molecular flexibility index (Phi) is 10.3. The van der Waals surface area contributed by atoms with Gasteiger partial charge in [-0.25, -0.2) is 14.6 Å². The van der Waals surface area contributed by atoms with Gasteiger partial charge in [-0.2, -0.15) is 4.68 Å². The zero-order chi connectivity index (χ0) is 32.6. The number of tetrazole rings is 1. The highest BCUT2D eigenvalue weighted by atomic mass is 35.5. The van der Waals surface area contributed by atoms with Crippen molar-refractivity contribution in [3.63, 3.8) is 0 Å². The zero-order valence-electron chi connectivity index (χ0n) is 25.5. The van der Waals surface area contributed by atoms with E-state index in [0.717, 1.165) is 5.69 Å². The summed E-state index contributed by atoms with van der Waals surface area (Å²) >= 11 is 6.23. The monoisotopic (exact) mass is 647 g/mol. The first-order valence-electron chi connectivity index (χ1n) is 14.8. The quantitative estimate of drug-likeness (QED) is 0.158. The Morgan fingerprint density at radius 1 is 1.15 bits per heavy atom. The number of rotatable bonds is 7. The summed E-state index contributed by atoms with van der Waals surface area (Å²) in [4.78, 5) is 46.4. The number of anilines is 2. The number of halogens is 1. The van der Waals surface area contributed by atoms with Gasteiger partial charge in [0.2, 0.25) is 5.91 Å². The van der Waals surface area contributed by atoms with Crippen LogP contribution in [-0.4, -0.2) is 67.9 Å². The fourth-order valence-corrected chi connectivity index (χ4v) is 5.39. The summed E-state index contributed by atoms with van der Waals surface area (Å²) in [6, 6.07) is 9.36. The number of aromatic amines is 1. The molecule has 46 heavy (non-hydrogen) atoms. The van der Waals surface area contributed by atoms with E-state index in [9.17, 15) is 14.4 Å². The number of amides is 2. The van der Waals surface area contributed by atoms with Crippen LogP contribution in [0, 0.1) is 6.92 Å². The first kappa shape index (κ1) is 32.2. The fourth-order valence-electron chi connectivity index (χ4n) is 5.21. The Morgan fingerprint density at radius 2 is 1.98 bits per heavy atom. The highest BCUT2D eigenvalue weighted by Crippen LogP contribution is 2.35.